The third kappa shape index (κ3) is 3.48. The van der Waals surface area contributed by atoms with E-state index in [4.69, 9.17) is 9.47 Å². The van der Waals surface area contributed by atoms with E-state index >= 15 is 0 Å². The first-order valence-electron chi connectivity index (χ1n) is 3.61. The average Bonchev–Trinajstić information content (AvgIpc) is 2.04. The van der Waals surface area contributed by atoms with E-state index in [1.807, 2.05) is 7.05 Å². The number of methoxy groups -OCH3 is 2. The molecule has 1 atom stereocenters. The number of nitrogens with one attached hydrogen (secondary N) is 1. The molecule has 4 heteroatoms. The summed E-state index contributed by atoms with van der Waals surface area (Å²) in [6.07, 6.45) is 0.922. The molecule has 1 unspecified atom stereocenters. The zero-order valence-electron chi connectivity index (χ0n) is 7.52. The third-order valence-corrected chi connectivity index (χ3v) is 2.54. The van der Waals surface area contributed by atoms with E-state index in [-0.39, 0.29) is 5.54 Å². The fourth-order valence-corrected chi connectivity index (χ4v) is 1.40. The molecule has 0 fully saturated rings. The van der Waals surface area contributed by atoms with Gasteiger partial charge in [0.2, 0.25) is 0 Å². The summed E-state index contributed by atoms with van der Waals surface area (Å²) in [5, 5.41) is 3.20. The van der Waals surface area contributed by atoms with Crippen LogP contribution in [0.1, 0.15) is 0 Å². The molecule has 0 aromatic rings. The molecule has 0 aliphatic heterocycles. The Bertz CT molecular complexity index is 88.4. The Morgan fingerprint density at radius 1 is 1.27 bits per heavy atom. The molecule has 0 heterocycles. The molecule has 0 aromatic carbocycles. The Labute approximate surface area is 71.0 Å². The van der Waals surface area contributed by atoms with Crippen molar-refractivity contribution in [1.29, 1.82) is 0 Å². The van der Waals surface area contributed by atoms with Gasteiger partial charge in [0.25, 0.3) is 0 Å². The van der Waals surface area contributed by atoms with Gasteiger partial charge in [-0.2, -0.15) is 0 Å². The lowest BCUT2D eigenvalue weighted by molar-refractivity contribution is 0.0586. The van der Waals surface area contributed by atoms with Crippen LogP contribution in [0.5, 0.6) is 0 Å². The lowest BCUT2D eigenvalue weighted by Gasteiger charge is -2.30. The van der Waals surface area contributed by atoms with Crippen LogP contribution in [-0.4, -0.2) is 46.2 Å². The van der Waals surface area contributed by atoms with Gasteiger partial charge in [-0.25, -0.2) is 0 Å². The summed E-state index contributed by atoms with van der Waals surface area (Å²) in [6, 6.07) is 0. The summed E-state index contributed by atoms with van der Waals surface area (Å²) in [6.45, 7) is 1.34. The average molecular weight is 179 g/mol. The van der Waals surface area contributed by atoms with E-state index in [1.165, 1.54) is 0 Å². The van der Waals surface area contributed by atoms with Gasteiger partial charge >= 0.3 is 0 Å². The van der Waals surface area contributed by atoms with Crippen LogP contribution in [0.4, 0.5) is 0 Å². The molecule has 0 aliphatic rings. The Kier molecular flexibility index (Phi) is 6.06. The first-order chi connectivity index (χ1) is 5.24. The van der Waals surface area contributed by atoms with Crippen molar-refractivity contribution in [3.05, 3.63) is 0 Å². The van der Waals surface area contributed by atoms with Crippen LogP contribution >= 0.6 is 9.24 Å². The summed E-state index contributed by atoms with van der Waals surface area (Å²) >= 11 is 0. The molecule has 1 N–H and O–H groups in total. The maximum atomic E-state index is 5.09. The number of ether oxygens (including phenoxy) is 2. The predicted octanol–water partition coefficient (Wildman–Crippen LogP) is 0.112. The second kappa shape index (κ2) is 5.90. The number of hydrogen-bond acceptors (Lipinski definition) is 3. The van der Waals surface area contributed by atoms with Crippen molar-refractivity contribution >= 4 is 9.24 Å². The number of likely N-dealkylation sites (N-methyl/N-ethyl adjacent to an activating group) is 1. The highest BCUT2D eigenvalue weighted by atomic mass is 31.0. The summed E-state index contributed by atoms with van der Waals surface area (Å²) in [5.41, 5.74) is -0.0475. The van der Waals surface area contributed by atoms with Crippen molar-refractivity contribution in [3.63, 3.8) is 0 Å². The maximum Gasteiger partial charge on any atom is 0.0685 e. The first-order valence-corrected chi connectivity index (χ1v) is 4.43. The summed E-state index contributed by atoms with van der Waals surface area (Å²) in [7, 11) is 8.01. The van der Waals surface area contributed by atoms with Crippen LogP contribution in [0.15, 0.2) is 0 Å². The number of rotatable bonds is 6. The summed E-state index contributed by atoms with van der Waals surface area (Å²) in [5.74, 6) is 0. The highest BCUT2D eigenvalue weighted by molar-refractivity contribution is 7.16. The molecule has 0 radical (unpaired) electrons. The normalized spacial score (nSPS) is 12.0. The van der Waals surface area contributed by atoms with Gasteiger partial charge in [-0.05, 0) is 13.2 Å². The minimum Gasteiger partial charge on any atom is -0.383 e. The number of hydrogen-bond donors (Lipinski definition) is 1. The van der Waals surface area contributed by atoms with Crippen molar-refractivity contribution < 1.29 is 9.47 Å². The quantitative estimate of drug-likeness (QED) is 0.587. The Balaban J connectivity index is 3.96. The van der Waals surface area contributed by atoms with Crippen LogP contribution < -0.4 is 5.32 Å². The van der Waals surface area contributed by atoms with Crippen molar-refractivity contribution in [2.75, 3.05) is 40.6 Å². The van der Waals surface area contributed by atoms with Crippen LogP contribution in [0.2, 0.25) is 0 Å². The van der Waals surface area contributed by atoms with E-state index in [2.05, 4.69) is 14.6 Å². The topological polar surface area (TPSA) is 30.5 Å². The molecule has 0 rings (SSSR count). The van der Waals surface area contributed by atoms with E-state index < -0.39 is 0 Å². The van der Waals surface area contributed by atoms with Gasteiger partial charge in [-0.15, -0.1) is 9.24 Å². The highest BCUT2D eigenvalue weighted by Crippen LogP contribution is 2.09. The minimum absolute atomic E-state index is 0.0475. The Morgan fingerprint density at radius 3 is 1.91 bits per heavy atom. The molecule has 0 spiro atoms. The smallest absolute Gasteiger partial charge is 0.0685 e. The summed E-state index contributed by atoms with van der Waals surface area (Å²) < 4.78 is 10.2. The predicted molar refractivity (Wildman–Crippen MR) is 50.1 cm³/mol. The molecule has 0 aromatic heterocycles. The van der Waals surface area contributed by atoms with Gasteiger partial charge < -0.3 is 14.8 Å². The van der Waals surface area contributed by atoms with Gasteiger partial charge in [-0.1, -0.05) is 0 Å². The van der Waals surface area contributed by atoms with Crippen LogP contribution in [-0.2, 0) is 9.47 Å². The van der Waals surface area contributed by atoms with Crippen LogP contribution in [0.3, 0.4) is 0 Å². The SMILES string of the molecule is CNC(CP)(COC)COC. The zero-order valence-corrected chi connectivity index (χ0v) is 8.67. The molecular weight excluding hydrogens is 161 g/mol. The lowest BCUT2D eigenvalue weighted by atomic mass is 10.1. The molecule has 0 amide bonds. The van der Waals surface area contributed by atoms with Gasteiger partial charge in [0.1, 0.15) is 0 Å². The third-order valence-electron chi connectivity index (χ3n) is 1.76. The summed E-state index contributed by atoms with van der Waals surface area (Å²) in [4.78, 5) is 0. The second-order valence-electron chi connectivity index (χ2n) is 2.60. The van der Waals surface area contributed by atoms with E-state index in [0.717, 1.165) is 6.16 Å². The zero-order chi connectivity index (χ0) is 8.74. The van der Waals surface area contributed by atoms with E-state index in [1.54, 1.807) is 14.2 Å². The van der Waals surface area contributed by atoms with E-state index in [9.17, 15) is 0 Å². The monoisotopic (exact) mass is 179 g/mol. The fourth-order valence-electron chi connectivity index (χ4n) is 0.959. The van der Waals surface area contributed by atoms with Crippen molar-refractivity contribution in [1.82, 2.24) is 5.32 Å². The standard InChI is InChI=1S/C7H18NO2P/c1-8-7(6-11,4-9-2)5-10-3/h8H,4-6,11H2,1-3H3. The maximum absolute atomic E-state index is 5.09. The first kappa shape index (κ1) is 11.3. The van der Waals surface area contributed by atoms with Crippen molar-refractivity contribution in [2.45, 2.75) is 5.54 Å². The largest absolute Gasteiger partial charge is 0.383 e. The van der Waals surface area contributed by atoms with Gasteiger partial charge in [0.05, 0.1) is 18.8 Å². The molecule has 3 nitrogen and oxygen atoms in total. The van der Waals surface area contributed by atoms with Crippen LogP contribution in [0.25, 0.3) is 0 Å². The van der Waals surface area contributed by atoms with Gasteiger partial charge in [-0.3, -0.25) is 0 Å². The fraction of sp³-hybridized carbons (Fsp3) is 1.00. The van der Waals surface area contributed by atoms with Crippen molar-refractivity contribution in [2.24, 2.45) is 0 Å². The molecule has 0 saturated heterocycles. The molecule has 0 bridgehead atoms. The molecule has 11 heavy (non-hydrogen) atoms. The van der Waals surface area contributed by atoms with E-state index in [0.29, 0.717) is 13.2 Å². The molecule has 0 aliphatic carbocycles. The second-order valence-corrected chi connectivity index (χ2v) is 3.01. The molecule has 0 saturated carbocycles. The van der Waals surface area contributed by atoms with Crippen molar-refractivity contribution in [3.8, 4) is 0 Å². The molecule has 68 valence electrons. The van der Waals surface area contributed by atoms with Gasteiger partial charge in [0, 0.05) is 14.2 Å². The lowest BCUT2D eigenvalue weighted by Crippen LogP contribution is -2.52. The Hall–Kier alpha value is 0.310. The highest BCUT2D eigenvalue weighted by Gasteiger charge is 2.25. The minimum atomic E-state index is -0.0475. The Morgan fingerprint density at radius 2 is 1.73 bits per heavy atom. The van der Waals surface area contributed by atoms with Gasteiger partial charge in [0.15, 0.2) is 0 Å². The molecular formula is C7H18NO2P. The van der Waals surface area contributed by atoms with Crippen LogP contribution in [0, 0.1) is 0 Å².